The number of amides is 2. The standard InChI is InChI=1S/C11H17N3O4S/c1-3-7(5-18-2)13-11(17)12-4-9-14-8(6-19-9)10(15)16/h6-7H,3-5H2,1-2H3,(H,15,16)(H2,12,13,17). The number of thiazole rings is 1. The van der Waals surface area contributed by atoms with Gasteiger partial charge in [0, 0.05) is 12.5 Å². The molecule has 0 aliphatic carbocycles. The predicted octanol–water partition coefficient (Wildman–Crippen LogP) is 1.07. The quantitative estimate of drug-likeness (QED) is 0.696. The summed E-state index contributed by atoms with van der Waals surface area (Å²) in [6, 6.07) is -0.369. The van der Waals surface area contributed by atoms with E-state index in [0.717, 1.165) is 6.42 Å². The average Bonchev–Trinajstić information content (AvgIpc) is 2.84. The van der Waals surface area contributed by atoms with Crippen LogP contribution in [-0.2, 0) is 11.3 Å². The second-order valence-electron chi connectivity index (χ2n) is 3.82. The SMILES string of the molecule is CCC(COC)NC(=O)NCc1nc(C(=O)O)cs1. The van der Waals surface area contributed by atoms with Crippen LogP contribution in [0.3, 0.4) is 0 Å². The van der Waals surface area contributed by atoms with Crippen molar-refractivity contribution >= 4 is 23.3 Å². The van der Waals surface area contributed by atoms with Crippen molar-refractivity contribution in [3.05, 3.63) is 16.1 Å². The topological polar surface area (TPSA) is 101 Å². The van der Waals surface area contributed by atoms with E-state index in [9.17, 15) is 9.59 Å². The van der Waals surface area contributed by atoms with Gasteiger partial charge in [-0.05, 0) is 6.42 Å². The molecule has 8 heteroatoms. The number of ether oxygens (including phenoxy) is 1. The number of carboxylic acid groups (broad SMARTS) is 1. The van der Waals surface area contributed by atoms with Gasteiger partial charge in [0.25, 0.3) is 0 Å². The van der Waals surface area contributed by atoms with E-state index in [1.165, 1.54) is 16.7 Å². The average molecular weight is 287 g/mol. The molecular weight excluding hydrogens is 270 g/mol. The van der Waals surface area contributed by atoms with Gasteiger partial charge in [-0.3, -0.25) is 0 Å². The summed E-state index contributed by atoms with van der Waals surface area (Å²) in [4.78, 5) is 26.1. The Labute approximate surface area is 115 Å². The van der Waals surface area contributed by atoms with Crippen LogP contribution < -0.4 is 10.6 Å². The third-order valence-electron chi connectivity index (χ3n) is 2.37. The summed E-state index contributed by atoms with van der Waals surface area (Å²) in [5, 5.41) is 16.1. The maximum absolute atomic E-state index is 11.6. The van der Waals surface area contributed by atoms with Crippen molar-refractivity contribution in [2.45, 2.75) is 25.9 Å². The molecule has 1 atom stereocenters. The zero-order valence-corrected chi connectivity index (χ0v) is 11.6. The van der Waals surface area contributed by atoms with Crippen LogP contribution in [0.25, 0.3) is 0 Å². The van der Waals surface area contributed by atoms with Gasteiger partial charge >= 0.3 is 12.0 Å². The molecule has 7 nitrogen and oxygen atoms in total. The molecule has 1 unspecified atom stereocenters. The second kappa shape index (κ2) is 7.70. The molecule has 0 saturated heterocycles. The van der Waals surface area contributed by atoms with Crippen LogP contribution in [-0.4, -0.2) is 41.8 Å². The van der Waals surface area contributed by atoms with Crippen molar-refractivity contribution in [2.24, 2.45) is 0 Å². The number of aromatic nitrogens is 1. The number of hydrogen-bond acceptors (Lipinski definition) is 5. The van der Waals surface area contributed by atoms with Crippen molar-refractivity contribution in [1.82, 2.24) is 15.6 Å². The highest BCUT2D eigenvalue weighted by Gasteiger charge is 2.11. The molecule has 0 spiro atoms. The van der Waals surface area contributed by atoms with Crippen LogP contribution in [0.1, 0.15) is 28.8 Å². The Morgan fingerprint density at radius 3 is 2.84 bits per heavy atom. The summed E-state index contributed by atoms with van der Waals surface area (Å²) in [5.41, 5.74) is -0.00646. The number of carbonyl (C=O) groups is 2. The molecule has 1 aromatic heterocycles. The van der Waals surface area contributed by atoms with Crippen molar-refractivity contribution < 1.29 is 19.4 Å². The van der Waals surface area contributed by atoms with E-state index >= 15 is 0 Å². The minimum atomic E-state index is -1.07. The maximum Gasteiger partial charge on any atom is 0.355 e. The molecule has 1 heterocycles. The minimum absolute atomic E-state index is 0.00646. The van der Waals surface area contributed by atoms with Gasteiger partial charge in [0.2, 0.25) is 0 Å². The molecular formula is C11H17N3O4S. The maximum atomic E-state index is 11.6. The summed E-state index contributed by atoms with van der Waals surface area (Å²) < 4.78 is 4.97. The first-order valence-corrected chi connectivity index (χ1v) is 6.65. The highest BCUT2D eigenvalue weighted by atomic mass is 32.1. The van der Waals surface area contributed by atoms with Gasteiger partial charge in [-0.15, -0.1) is 11.3 Å². The number of aromatic carboxylic acids is 1. The number of rotatable bonds is 7. The lowest BCUT2D eigenvalue weighted by Gasteiger charge is -2.15. The fourth-order valence-corrected chi connectivity index (χ4v) is 2.05. The highest BCUT2D eigenvalue weighted by Crippen LogP contribution is 2.09. The summed E-state index contributed by atoms with van der Waals surface area (Å²) in [7, 11) is 1.57. The zero-order valence-electron chi connectivity index (χ0n) is 10.8. The zero-order chi connectivity index (χ0) is 14.3. The van der Waals surface area contributed by atoms with E-state index in [4.69, 9.17) is 9.84 Å². The fourth-order valence-electron chi connectivity index (χ4n) is 1.35. The monoisotopic (exact) mass is 287 g/mol. The summed E-state index contributed by atoms with van der Waals surface area (Å²) >= 11 is 1.20. The molecule has 0 aliphatic heterocycles. The smallest absolute Gasteiger partial charge is 0.355 e. The van der Waals surface area contributed by atoms with Crippen LogP contribution in [0.15, 0.2) is 5.38 Å². The van der Waals surface area contributed by atoms with Crippen molar-refractivity contribution in [2.75, 3.05) is 13.7 Å². The van der Waals surface area contributed by atoms with Crippen LogP contribution in [0.2, 0.25) is 0 Å². The Kier molecular flexibility index (Phi) is 6.23. The Balaban J connectivity index is 2.38. The van der Waals surface area contributed by atoms with E-state index in [0.29, 0.717) is 11.6 Å². The van der Waals surface area contributed by atoms with E-state index in [-0.39, 0.29) is 24.3 Å². The number of methoxy groups -OCH3 is 1. The molecule has 0 radical (unpaired) electrons. The Hall–Kier alpha value is -1.67. The van der Waals surface area contributed by atoms with Gasteiger partial charge in [-0.2, -0.15) is 0 Å². The van der Waals surface area contributed by atoms with Gasteiger partial charge < -0.3 is 20.5 Å². The molecule has 0 aromatic carbocycles. The largest absolute Gasteiger partial charge is 0.476 e. The number of nitrogens with one attached hydrogen (secondary N) is 2. The van der Waals surface area contributed by atoms with Gasteiger partial charge in [0.15, 0.2) is 5.69 Å². The van der Waals surface area contributed by atoms with Crippen LogP contribution in [0, 0.1) is 0 Å². The first kappa shape index (κ1) is 15.4. The summed E-state index contributed by atoms with van der Waals surface area (Å²) in [6.45, 7) is 2.60. The first-order valence-electron chi connectivity index (χ1n) is 5.77. The molecule has 2 amide bonds. The van der Waals surface area contributed by atoms with Crippen LogP contribution in [0.5, 0.6) is 0 Å². The number of carboxylic acids is 1. The lowest BCUT2D eigenvalue weighted by atomic mass is 10.2. The van der Waals surface area contributed by atoms with Gasteiger partial charge in [0.1, 0.15) is 5.01 Å². The summed E-state index contributed by atoms with van der Waals surface area (Å²) in [6.07, 6.45) is 0.766. The number of nitrogens with zero attached hydrogens (tertiary/aromatic N) is 1. The molecule has 106 valence electrons. The molecule has 1 aromatic rings. The van der Waals surface area contributed by atoms with Crippen molar-refractivity contribution in [3.63, 3.8) is 0 Å². The number of hydrogen-bond donors (Lipinski definition) is 3. The Morgan fingerprint density at radius 1 is 1.58 bits per heavy atom. The fraction of sp³-hybridized carbons (Fsp3) is 0.545. The molecule has 0 saturated carbocycles. The predicted molar refractivity (Wildman–Crippen MR) is 70.4 cm³/mol. The highest BCUT2D eigenvalue weighted by molar-refractivity contribution is 7.09. The molecule has 0 aliphatic rings. The van der Waals surface area contributed by atoms with Crippen molar-refractivity contribution in [1.29, 1.82) is 0 Å². The second-order valence-corrected chi connectivity index (χ2v) is 4.76. The molecule has 0 bridgehead atoms. The van der Waals surface area contributed by atoms with Gasteiger partial charge in [0.05, 0.1) is 19.2 Å². The Morgan fingerprint density at radius 2 is 2.32 bits per heavy atom. The first-order chi connectivity index (χ1) is 9.06. The van der Waals surface area contributed by atoms with E-state index in [1.54, 1.807) is 7.11 Å². The third-order valence-corrected chi connectivity index (χ3v) is 3.22. The van der Waals surface area contributed by atoms with E-state index in [2.05, 4.69) is 15.6 Å². The van der Waals surface area contributed by atoms with Crippen molar-refractivity contribution in [3.8, 4) is 0 Å². The molecule has 19 heavy (non-hydrogen) atoms. The van der Waals surface area contributed by atoms with E-state index in [1.807, 2.05) is 6.92 Å². The Bertz CT molecular complexity index is 435. The lowest BCUT2D eigenvalue weighted by Crippen LogP contribution is -2.43. The molecule has 1 rings (SSSR count). The van der Waals surface area contributed by atoms with Crippen LogP contribution in [0.4, 0.5) is 4.79 Å². The normalized spacial score (nSPS) is 11.9. The number of urea groups is 1. The van der Waals surface area contributed by atoms with Gasteiger partial charge in [-0.1, -0.05) is 6.92 Å². The number of carbonyl (C=O) groups excluding carboxylic acids is 1. The molecule has 0 fully saturated rings. The van der Waals surface area contributed by atoms with E-state index < -0.39 is 5.97 Å². The summed E-state index contributed by atoms with van der Waals surface area (Å²) in [5.74, 6) is -1.07. The molecule has 3 N–H and O–H groups in total. The minimum Gasteiger partial charge on any atom is -0.476 e. The van der Waals surface area contributed by atoms with Gasteiger partial charge in [-0.25, -0.2) is 14.6 Å². The third kappa shape index (κ3) is 5.23. The lowest BCUT2D eigenvalue weighted by molar-refractivity contribution is 0.0691. The van der Waals surface area contributed by atoms with Crippen LogP contribution >= 0.6 is 11.3 Å².